The first-order valence-corrected chi connectivity index (χ1v) is 10.2. The van der Waals surface area contributed by atoms with Crippen molar-refractivity contribution in [3.8, 4) is 11.5 Å². The van der Waals surface area contributed by atoms with Crippen molar-refractivity contribution in [1.82, 2.24) is 4.90 Å². The summed E-state index contributed by atoms with van der Waals surface area (Å²) in [5, 5.41) is 2.52. The average molecular weight is 418 g/mol. The van der Waals surface area contributed by atoms with Crippen molar-refractivity contribution in [3.05, 3.63) is 53.6 Å². The van der Waals surface area contributed by atoms with Gasteiger partial charge in [-0.15, -0.1) is 0 Å². The lowest BCUT2D eigenvalue weighted by Crippen LogP contribution is -2.39. The van der Waals surface area contributed by atoms with E-state index in [0.29, 0.717) is 5.92 Å². The number of carbonyl (C=O) groups is 1. The molecule has 0 saturated carbocycles. The molecule has 1 N–H and O–H groups in total. The minimum atomic E-state index is -0.767. The fourth-order valence-corrected chi connectivity index (χ4v) is 3.80. The smallest absolute Gasteiger partial charge is 0.238 e. The summed E-state index contributed by atoms with van der Waals surface area (Å²) < 4.78 is 37.3. The number of aryl methyl sites for hydroxylation is 1. The number of anilines is 1. The van der Waals surface area contributed by atoms with Gasteiger partial charge in [0.15, 0.2) is 0 Å². The number of benzene rings is 2. The third kappa shape index (κ3) is 6.16. The number of nitrogens with one attached hydrogen (secondary N) is 1. The number of hydrogen-bond acceptors (Lipinski definition) is 4. The summed E-state index contributed by atoms with van der Waals surface area (Å²) >= 11 is 0. The summed E-state index contributed by atoms with van der Waals surface area (Å²) in [6.45, 7) is 1.85. The van der Waals surface area contributed by atoms with E-state index in [0.717, 1.165) is 62.4 Å². The highest BCUT2D eigenvalue weighted by Gasteiger charge is 2.21. The summed E-state index contributed by atoms with van der Waals surface area (Å²) in [5.74, 6) is 0.459. The largest absolute Gasteiger partial charge is 0.497 e. The van der Waals surface area contributed by atoms with Gasteiger partial charge in [-0.3, -0.25) is 9.69 Å². The van der Waals surface area contributed by atoms with Crippen molar-refractivity contribution >= 4 is 11.6 Å². The molecule has 1 aliphatic rings. The summed E-state index contributed by atoms with van der Waals surface area (Å²) in [5.41, 5.74) is 1.19. The van der Waals surface area contributed by atoms with Crippen LogP contribution in [0.25, 0.3) is 0 Å². The van der Waals surface area contributed by atoms with E-state index in [1.54, 1.807) is 14.2 Å². The van der Waals surface area contributed by atoms with E-state index >= 15 is 0 Å². The normalized spacial score (nSPS) is 15.1. The van der Waals surface area contributed by atoms with Crippen LogP contribution in [0, 0.1) is 17.6 Å². The molecule has 1 heterocycles. The Labute approximate surface area is 176 Å². The van der Waals surface area contributed by atoms with E-state index in [1.807, 2.05) is 18.2 Å². The molecule has 0 aromatic heterocycles. The Morgan fingerprint density at radius 2 is 1.73 bits per heavy atom. The summed E-state index contributed by atoms with van der Waals surface area (Å²) in [7, 11) is 3.30. The molecule has 2 aromatic carbocycles. The Hall–Kier alpha value is -2.67. The van der Waals surface area contributed by atoms with Crippen LogP contribution < -0.4 is 14.8 Å². The van der Waals surface area contributed by atoms with E-state index in [1.165, 1.54) is 11.6 Å². The maximum atomic E-state index is 13.7. The lowest BCUT2D eigenvalue weighted by Gasteiger charge is -2.31. The molecule has 1 amide bonds. The first-order chi connectivity index (χ1) is 14.5. The van der Waals surface area contributed by atoms with Crippen molar-refractivity contribution in [3.63, 3.8) is 0 Å². The van der Waals surface area contributed by atoms with Crippen LogP contribution in [0.4, 0.5) is 14.5 Å². The number of methoxy groups -OCH3 is 2. The predicted molar refractivity (Wildman–Crippen MR) is 112 cm³/mol. The molecule has 0 radical (unpaired) electrons. The maximum absolute atomic E-state index is 13.7. The van der Waals surface area contributed by atoms with Crippen LogP contribution in [0.3, 0.4) is 0 Å². The first-order valence-electron chi connectivity index (χ1n) is 10.2. The first kappa shape index (κ1) is 22.0. The Kier molecular flexibility index (Phi) is 7.63. The van der Waals surface area contributed by atoms with Gasteiger partial charge in [0.1, 0.15) is 23.1 Å². The van der Waals surface area contributed by atoms with Crippen molar-refractivity contribution in [1.29, 1.82) is 0 Å². The Balaban J connectivity index is 1.43. The van der Waals surface area contributed by atoms with Crippen LogP contribution >= 0.6 is 0 Å². The topological polar surface area (TPSA) is 50.8 Å². The minimum Gasteiger partial charge on any atom is -0.497 e. The Morgan fingerprint density at radius 1 is 1.07 bits per heavy atom. The zero-order valence-electron chi connectivity index (χ0n) is 17.4. The van der Waals surface area contributed by atoms with Crippen LogP contribution in [0.2, 0.25) is 0 Å². The number of carbonyl (C=O) groups excluding carboxylic acids is 1. The number of rotatable bonds is 8. The van der Waals surface area contributed by atoms with Crippen molar-refractivity contribution in [2.24, 2.45) is 5.92 Å². The lowest BCUT2D eigenvalue weighted by molar-refractivity contribution is -0.117. The highest BCUT2D eigenvalue weighted by atomic mass is 19.1. The molecule has 1 saturated heterocycles. The Bertz CT molecular complexity index is 845. The second-order valence-corrected chi connectivity index (χ2v) is 7.65. The van der Waals surface area contributed by atoms with Crippen LogP contribution in [0.5, 0.6) is 11.5 Å². The van der Waals surface area contributed by atoms with Gasteiger partial charge in [0.05, 0.1) is 26.5 Å². The summed E-state index contributed by atoms with van der Waals surface area (Å²) in [6.07, 6.45) is 4.04. The molecular weight excluding hydrogens is 390 g/mol. The van der Waals surface area contributed by atoms with E-state index in [4.69, 9.17) is 9.47 Å². The molecule has 0 unspecified atom stereocenters. The van der Waals surface area contributed by atoms with Crippen molar-refractivity contribution in [2.45, 2.75) is 25.7 Å². The van der Waals surface area contributed by atoms with Gasteiger partial charge in [-0.1, -0.05) is 0 Å². The number of ether oxygens (including phenoxy) is 2. The van der Waals surface area contributed by atoms with Crippen LogP contribution in [0.15, 0.2) is 36.4 Å². The molecule has 1 aliphatic heterocycles. The molecule has 0 spiro atoms. The predicted octanol–water partition coefficient (Wildman–Crippen LogP) is 4.27. The zero-order valence-corrected chi connectivity index (χ0v) is 17.4. The van der Waals surface area contributed by atoms with Crippen LogP contribution in [-0.4, -0.2) is 44.7 Å². The molecule has 0 atom stereocenters. The molecule has 162 valence electrons. The average Bonchev–Trinajstić information content (AvgIpc) is 2.75. The second kappa shape index (κ2) is 10.4. The van der Waals surface area contributed by atoms with Gasteiger partial charge in [-0.25, -0.2) is 8.78 Å². The molecule has 30 heavy (non-hydrogen) atoms. The monoisotopic (exact) mass is 418 g/mol. The van der Waals surface area contributed by atoms with Gasteiger partial charge in [-0.2, -0.15) is 0 Å². The zero-order chi connectivity index (χ0) is 21.5. The quantitative estimate of drug-likeness (QED) is 0.696. The van der Waals surface area contributed by atoms with Gasteiger partial charge in [0, 0.05) is 12.1 Å². The molecule has 0 bridgehead atoms. The van der Waals surface area contributed by atoms with E-state index < -0.39 is 11.6 Å². The number of hydrogen-bond donors (Lipinski definition) is 1. The van der Waals surface area contributed by atoms with Crippen LogP contribution in [0.1, 0.15) is 24.8 Å². The number of piperidine rings is 1. The highest BCUT2D eigenvalue weighted by Crippen LogP contribution is 2.27. The molecule has 3 rings (SSSR count). The van der Waals surface area contributed by atoms with Gasteiger partial charge in [0.25, 0.3) is 0 Å². The summed E-state index contributed by atoms with van der Waals surface area (Å²) in [4.78, 5) is 14.3. The standard InChI is InChI=1S/C23H28F2N2O3/c1-29-19-11-17(12-20(14-19)30-2)4-3-16-7-9-27(10-8-16)15-23(28)26-22-6-5-18(24)13-21(22)25/h5-6,11-14,16H,3-4,7-10,15H2,1-2H3,(H,26,28). The molecule has 1 fully saturated rings. The third-order valence-corrected chi connectivity index (χ3v) is 5.53. The van der Waals surface area contributed by atoms with Crippen molar-refractivity contribution in [2.75, 3.05) is 39.2 Å². The van der Waals surface area contributed by atoms with Gasteiger partial charge in [-0.05, 0) is 74.5 Å². The lowest BCUT2D eigenvalue weighted by atomic mass is 9.90. The number of amides is 1. The fraction of sp³-hybridized carbons (Fsp3) is 0.435. The van der Waals surface area contributed by atoms with Crippen molar-refractivity contribution < 1.29 is 23.0 Å². The second-order valence-electron chi connectivity index (χ2n) is 7.65. The maximum Gasteiger partial charge on any atom is 0.238 e. The molecule has 2 aromatic rings. The molecular formula is C23H28F2N2O3. The highest BCUT2D eigenvalue weighted by molar-refractivity contribution is 5.92. The van der Waals surface area contributed by atoms with Gasteiger partial charge < -0.3 is 14.8 Å². The molecule has 7 heteroatoms. The number of nitrogens with zero attached hydrogens (tertiary/aromatic N) is 1. The van der Waals surface area contributed by atoms with E-state index in [9.17, 15) is 13.6 Å². The third-order valence-electron chi connectivity index (χ3n) is 5.53. The molecule has 0 aliphatic carbocycles. The molecule has 5 nitrogen and oxygen atoms in total. The van der Waals surface area contributed by atoms with Gasteiger partial charge in [0.2, 0.25) is 5.91 Å². The SMILES string of the molecule is COc1cc(CCC2CCN(CC(=O)Nc3ccc(F)cc3F)CC2)cc(OC)c1. The summed E-state index contributed by atoms with van der Waals surface area (Å²) in [6, 6.07) is 9.07. The van der Waals surface area contributed by atoms with E-state index in [2.05, 4.69) is 10.2 Å². The number of likely N-dealkylation sites (tertiary alicyclic amines) is 1. The number of halogens is 2. The van der Waals surface area contributed by atoms with Crippen LogP contribution in [-0.2, 0) is 11.2 Å². The van der Waals surface area contributed by atoms with Gasteiger partial charge >= 0.3 is 0 Å². The van der Waals surface area contributed by atoms with E-state index in [-0.39, 0.29) is 18.1 Å². The Morgan fingerprint density at radius 3 is 2.33 bits per heavy atom. The fourth-order valence-electron chi connectivity index (χ4n) is 3.80. The minimum absolute atomic E-state index is 0.00463.